The molecule has 0 saturated carbocycles. The molecule has 2 aromatic carbocycles. The molecule has 2 rings (SSSR count). The van der Waals surface area contributed by atoms with E-state index in [4.69, 9.17) is 10.5 Å². The molecular weight excluding hydrogens is 288 g/mol. The number of methoxy groups -OCH3 is 1. The van der Waals surface area contributed by atoms with E-state index in [2.05, 4.69) is 4.72 Å². The van der Waals surface area contributed by atoms with Crippen molar-refractivity contribution in [2.45, 2.75) is 17.7 Å². The summed E-state index contributed by atoms with van der Waals surface area (Å²) < 4.78 is 32.7. The molecule has 114 valence electrons. The zero-order valence-corrected chi connectivity index (χ0v) is 12.8. The average Bonchev–Trinajstić information content (AvgIpc) is 2.50. The van der Waals surface area contributed by atoms with Crippen LogP contribution in [0.1, 0.15) is 12.8 Å². The number of hydrogen-bond donors (Lipinski definition) is 2. The smallest absolute Gasteiger partial charge is 0.241 e. The Hall–Kier alpha value is -1.63. The second kappa shape index (κ2) is 6.89. The maximum atomic E-state index is 12.4. The Balaban J connectivity index is 2.37. The highest BCUT2D eigenvalue weighted by Crippen LogP contribution is 2.30. The minimum absolute atomic E-state index is 0.270. The number of sulfonamides is 1. The molecule has 0 atom stereocenters. The van der Waals surface area contributed by atoms with Crippen molar-refractivity contribution in [1.82, 2.24) is 4.72 Å². The molecule has 21 heavy (non-hydrogen) atoms. The van der Waals surface area contributed by atoms with Gasteiger partial charge in [0.15, 0.2) is 0 Å². The molecule has 0 radical (unpaired) electrons. The van der Waals surface area contributed by atoms with E-state index >= 15 is 0 Å². The summed E-state index contributed by atoms with van der Waals surface area (Å²) in [4.78, 5) is 0.270. The maximum Gasteiger partial charge on any atom is 0.241 e. The lowest BCUT2D eigenvalue weighted by molar-refractivity contribution is 0.419. The van der Waals surface area contributed by atoms with Crippen molar-refractivity contribution in [2.75, 3.05) is 20.2 Å². The molecule has 0 aliphatic carbocycles. The van der Waals surface area contributed by atoms with Crippen LogP contribution in [0.4, 0.5) is 0 Å². The predicted molar refractivity (Wildman–Crippen MR) is 84.0 cm³/mol. The molecule has 0 aromatic heterocycles. The summed E-state index contributed by atoms with van der Waals surface area (Å²) in [5.41, 5.74) is 5.40. The van der Waals surface area contributed by atoms with Gasteiger partial charge in [-0.3, -0.25) is 0 Å². The third kappa shape index (κ3) is 3.53. The molecule has 5 nitrogen and oxygen atoms in total. The first-order valence-corrected chi connectivity index (χ1v) is 8.34. The van der Waals surface area contributed by atoms with Crippen molar-refractivity contribution in [3.63, 3.8) is 0 Å². The first kappa shape index (κ1) is 15.8. The first-order valence-electron chi connectivity index (χ1n) is 6.85. The van der Waals surface area contributed by atoms with Crippen molar-refractivity contribution in [1.29, 1.82) is 0 Å². The molecule has 0 unspecified atom stereocenters. The minimum atomic E-state index is -3.54. The summed E-state index contributed by atoms with van der Waals surface area (Å²) in [6.07, 6.45) is 1.52. The molecule has 0 fully saturated rings. The molecule has 0 aliphatic heterocycles. The highest BCUT2D eigenvalue weighted by atomic mass is 32.2. The van der Waals surface area contributed by atoms with E-state index in [1.807, 2.05) is 18.2 Å². The fourth-order valence-electron chi connectivity index (χ4n) is 2.21. The number of nitrogens with one attached hydrogen (secondary N) is 1. The van der Waals surface area contributed by atoms with Crippen molar-refractivity contribution in [2.24, 2.45) is 5.73 Å². The van der Waals surface area contributed by atoms with Gasteiger partial charge < -0.3 is 10.5 Å². The minimum Gasteiger partial charge on any atom is -0.496 e. The molecule has 0 saturated heterocycles. The zero-order valence-electron chi connectivity index (χ0n) is 12.0. The van der Waals surface area contributed by atoms with Gasteiger partial charge in [-0.1, -0.05) is 24.3 Å². The van der Waals surface area contributed by atoms with Crippen LogP contribution in [-0.4, -0.2) is 28.6 Å². The van der Waals surface area contributed by atoms with Crippen LogP contribution in [0.3, 0.4) is 0 Å². The van der Waals surface area contributed by atoms with E-state index in [1.54, 1.807) is 25.3 Å². The molecule has 0 amide bonds. The van der Waals surface area contributed by atoms with Crippen LogP contribution in [0.2, 0.25) is 0 Å². The molecule has 3 N–H and O–H groups in total. The quantitative estimate of drug-likeness (QED) is 0.765. The normalized spacial score (nSPS) is 11.7. The molecule has 0 bridgehead atoms. The standard InChI is InChI=1S/C15H20N2O3S/c1-20-14-8-9-15(13-7-3-2-6-12(13)14)21(18,19)17-11-5-4-10-16/h2-3,6-9,17H,4-5,10-11,16H2,1H3. The van der Waals surface area contributed by atoms with Crippen LogP contribution >= 0.6 is 0 Å². The average molecular weight is 308 g/mol. The van der Waals surface area contributed by atoms with Gasteiger partial charge in [0.05, 0.1) is 12.0 Å². The second-order valence-corrected chi connectivity index (χ2v) is 6.44. The monoisotopic (exact) mass is 308 g/mol. The van der Waals surface area contributed by atoms with Gasteiger partial charge in [-0.05, 0) is 31.5 Å². The molecule has 0 spiro atoms. The van der Waals surface area contributed by atoms with Gasteiger partial charge in [-0.25, -0.2) is 13.1 Å². The number of nitrogens with two attached hydrogens (primary N) is 1. The third-order valence-corrected chi connectivity index (χ3v) is 4.80. The Morgan fingerprint density at radius 2 is 1.81 bits per heavy atom. The maximum absolute atomic E-state index is 12.4. The van der Waals surface area contributed by atoms with E-state index in [0.717, 1.165) is 18.2 Å². The van der Waals surface area contributed by atoms with E-state index in [9.17, 15) is 8.42 Å². The van der Waals surface area contributed by atoms with Crippen LogP contribution in [0.5, 0.6) is 5.75 Å². The Labute approximate surface area is 125 Å². The van der Waals surface area contributed by atoms with E-state index < -0.39 is 10.0 Å². The Morgan fingerprint density at radius 3 is 2.48 bits per heavy atom. The molecular formula is C15H20N2O3S. The van der Waals surface area contributed by atoms with Crippen LogP contribution in [-0.2, 0) is 10.0 Å². The summed E-state index contributed by atoms with van der Waals surface area (Å²) >= 11 is 0. The fourth-order valence-corrected chi connectivity index (χ4v) is 3.49. The van der Waals surface area contributed by atoms with Gasteiger partial charge in [-0.2, -0.15) is 0 Å². The summed E-state index contributed by atoms with van der Waals surface area (Å²) in [7, 11) is -1.97. The van der Waals surface area contributed by atoms with Crippen molar-refractivity contribution in [3.05, 3.63) is 36.4 Å². The number of benzene rings is 2. The zero-order chi connectivity index (χ0) is 15.3. The van der Waals surface area contributed by atoms with Crippen molar-refractivity contribution in [3.8, 4) is 5.75 Å². The lowest BCUT2D eigenvalue weighted by atomic mass is 10.1. The summed E-state index contributed by atoms with van der Waals surface area (Å²) in [6.45, 7) is 0.951. The SMILES string of the molecule is COc1ccc(S(=O)(=O)NCCCCN)c2ccccc12. The lowest BCUT2D eigenvalue weighted by Crippen LogP contribution is -2.25. The van der Waals surface area contributed by atoms with Crippen molar-refractivity contribution < 1.29 is 13.2 Å². The number of hydrogen-bond acceptors (Lipinski definition) is 4. The fraction of sp³-hybridized carbons (Fsp3) is 0.333. The van der Waals surface area contributed by atoms with Crippen molar-refractivity contribution >= 4 is 20.8 Å². The van der Waals surface area contributed by atoms with E-state index in [0.29, 0.717) is 24.2 Å². The van der Waals surface area contributed by atoms with Crippen LogP contribution < -0.4 is 15.2 Å². The topological polar surface area (TPSA) is 81.4 Å². The number of fused-ring (bicyclic) bond motifs is 1. The molecule has 0 aliphatic rings. The van der Waals surface area contributed by atoms with E-state index in [1.165, 1.54) is 0 Å². The largest absolute Gasteiger partial charge is 0.496 e. The first-order chi connectivity index (χ1) is 10.1. The van der Waals surface area contributed by atoms with Gasteiger partial charge >= 0.3 is 0 Å². The third-order valence-electron chi connectivity index (χ3n) is 3.28. The lowest BCUT2D eigenvalue weighted by Gasteiger charge is -2.12. The van der Waals surface area contributed by atoms with Gasteiger partial charge in [0.2, 0.25) is 10.0 Å². The Morgan fingerprint density at radius 1 is 1.10 bits per heavy atom. The number of ether oxygens (including phenoxy) is 1. The summed E-state index contributed by atoms with van der Waals surface area (Å²) in [5.74, 6) is 0.660. The van der Waals surface area contributed by atoms with E-state index in [-0.39, 0.29) is 4.90 Å². The van der Waals surface area contributed by atoms with Crippen LogP contribution in [0.25, 0.3) is 10.8 Å². The summed E-state index contributed by atoms with van der Waals surface area (Å²) in [6, 6.07) is 10.6. The second-order valence-electron chi connectivity index (χ2n) is 4.71. The Bertz CT molecular complexity index is 714. The molecule has 0 heterocycles. The Kier molecular flexibility index (Phi) is 5.17. The van der Waals surface area contributed by atoms with Gasteiger partial charge in [0, 0.05) is 17.3 Å². The summed E-state index contributed by atoms with van der Waals surface area (Å²) in [5, 5.41) is 1.44. The molecule has 6 heteroatoms. The van der Waals surface area contributed by atoms with Crippen LogP contribution in [0.15, 0.2) is 41.3 Å². The number of rotatable bonds is 7. The van der Waals surface area contributed by atoms with Crippen LogP contribution in [0, 0.1) is 0 Å². The van der Waals surface area contributed by atoms with Gasteiger partial charge in [0.25, 0.3) is 0 Å². The molecule has 2 aromatic rings. The highest BCUT2D eigenvalue weighted by molar-refractivity contribution is 7.89. The van der Waals surface area contributed by atoms with Gasteiger partial charge in [-0.15, -0.1) is 0 Å². The highest BCUT2D eigenvalue weighted by Gasteiger charge is 2.18. The number of unbranched alkanes of at least 4 members (excludes halogenated alkanes) is 1. The van der Waals surface area contributed by atoms with Gasteiger partial charge in [0.1, 0.15) is 5.75 Å². The predicted octanol–water partition coefficient (Wildman–Crippen LogP) is 1.87.